The number of thiazole rings is 1. The van der Waals surface area contributed by atoms with Crippen LogP contribution in [-0.4, -0.2) is 77.3 Å². The van der Waals surface area contributed by atoms with E-state index in [0.29, 0.717) is 19.6 Å². The Morgan fingerprint density at radius 2 is 1.61 bits per heavy atom. The molecule has 2 fully saturated rings. The number of benzene rings is 1. The Morgan fingerprint density at radius 1 is 0.935 bits per heavy atom. The summed E-state index contributed by atoms with van der Waals surface area (Å²) in [6, 6.07) is 8.42. The van der Waals surface area contributed by atoms with Crippen molar-refractivity contribution in [2.75, 3.05) is 45.8 Å². The molecule has 2 amide bonds. The zero-order valence-electron chi connectivity index (χ0n) is 18.6. The number of carbonyl (C=O) groups excluding carboxylic acids is 2. The van der Waals surface area contributed by atoms with Gasteiger partial charge in [-0.1, -0.05) is 31.2 Å². The molecule has 2 aliphatic rings. The average Bonchev–Trinajstić information content (AvgIpc) is 3.21. The van der Waals surface area contributed by atoms with Crippen LogP contribution >= 0.6 is 11.3 Å². The van der Waals surface area contributed by atoms with Crippen molar-refractivity contribution < 1.29 is 9.59 Å². The van der Waals surface area contributed by atoms with Crippen LogP contribution in [0, 0.1) is 6.92 Å². The van der Waals surface area contributed by atoms with Gasteiger partial charge in [0.15, 0.2) is 0 Å². The third-order valence-corrected chi connectivity index (χ3v) is 7.52. The Bertz CT molecular complexity index is 910. The lowest BCUT2D eigenvalue weighted by Crippen LogP contribution is -2.52. The summed E-state index contributed by atoms with van der Waals surface area (Å²) < 4.78 is 0. The SMILES string of the molecule is CCc1ccc(-c2nc(C)c(C(=O)N3CCN(CC(=O)N4CCCCC4)CC3)s2)cc1. The zero-order valence-corrected chi connectivity index (χ0v) is 19.4. The molecule has 2 aliphatic heterocycles. The van der Waals surface area contributed by atoms with E-state index in [1.807, 2.05) is 16.7 Å². The summed E-state index contributed by atoms with van der Waals surface area (Å²) >= 11 is 1.48. The van der Waals surface area contributed by atoms with E-state index in [1.54, 1.807) is 0 Å². The molecule has 1 aromatic carbocycles. The number of nitrogens with zero attached hydrogens (tertiary/aromatic N) is 4. The maximum Gasteiger partial charge on any atom is 0.265 e. The topological polar surface area (TPSA) is 56.8 Å². The second kappa shape index (κ2) is 9.92. The van der Waals surface area contributed by atoms with Gasteiger partial charge < -0.3 is 9.80 Å². The number of likely N-dealkylation sites (tertiary alicyclic amines) is 1. The van der Waals surface area contributed by atoms with Crippen LogP contribution in [0.1, 0.15) is 47.1 Å². The highest BCUT2D eigenvalue weighted by atomic mass is 32.1. The van der Waals surface area contributed by atoms with E-state index in [0.717, 1.165) is 66.6 Å². The molecule has 0 saturated carbocycles. The highest BCUT2D eigenvalue weighted by molar-refractivity contribution is 7.17. The minimum atomic E-state index is 0.0634. The minimum Gasteiger partial charge on any atom is -0.342 e. The first-order valence-corrected chi connectivity index (χ1v) is 12.2. The maximum atomic E-state index is 13.1. The molecular formula is C24H32N4O2S. The lowest BCUT2D eigenvalue weighted by atomic mass is 10.1. The molecule has 2 aromatic rings. The van der Waals surface area contributed by atoms with Crippen molar-refractivity contribution in [1.29, 1.82) is 0 Å². The van der Waals surface area contributed by atoms with Crippen LogP contribution in [0.15, 0.2) is 24.3 Å². The first-order valence-electron chi connectivity index (χ1n) is 11.4. The largest absolute Gasteiger partial charge is 0.342 e. The molecular weight excluding hydrogens is 408 g/mol. The van der Waals surface area contributed by atoms with E-state index in [4.69, 9.17) is 0 Å². The Labute approximate surface area is 188 Å². The summed E-state index contributed by atoms with van der Waals surface area (Å²) in [4.78, 5) is 37.2. The zero-order chi connectivity index (χ0) is 21.8. The van der Waals surface area contributed by atoms with Crippen LogP contribution in [0.3, 0.4) is 0 Å². The van der Waals surface area contributed by atoms with Gasteiger partial charge in [-0.2, -0.15) is 0 Å². The Kier molecular flexibility index (Phi) is 7.02. The second-order valence-corrected chi connectivity index (χ2v) is 9.49. The van der Waals surface area contributed by atoms with Gasteiger partial charge in [-0.15, -0.1) is 11.3 Å². The molecule has 166 valence electrons. The molecule has 1 aromatic heterocycles. The number of aryl methyl sites for hydroxylation is 2. The monoisotopic (exact) mass is 440 g/mol. The van der Waals surface area contributed by atoms with Crippen LogP contribution in [0.4, 0.5) is 0 Å². The lowest BCUT2D eigenvalue weighted by Gasteiger charge is -2.36. The molecule has 0 N–H and O–H groups in total. The van der Waals surface area contributed by atoms with E-state index in [9.17, 15) is 9.59 Å². The van der Waals surface area contributed by atoms with Crippen molar-refractivity contribution in [3.63, 3.8) is 0 Å². The number of rotatable bonds is 5. The highest BCUT2D eigenvalue weighted by Gasteiger charge is 2.27. The molecule has 3 heterocycles. The lowest BCUT2D eigenvalue weighted by molar-refractivity contribution is -0.133. The number of hydrogen-bond acceptors (Lipinski definition) is 5. The summed E-state index contributed by atoms with van der Waals surface area (Å²) in [5, 5.41) is 0.897. The third kappa shape index (κ3) is 5.15. The van der Waals surface area contributed by atoms with Crippen molar-refractivity contribution >= 4 is 23.2 Å². The molecule has 0 bridgehead atoms. The van der Waals surface area contributed by atoms with Gasteiger partial charge in [-0.25, -0.2) is 4.98 Å². The molecule has 0 unspecified atom stereocenters. The van der Waals surface area contributed by atoms with E-state index < -0.39 is 0 Å². The van der Waals surface area contributed by atoms with Gasteiger partial charge in [0, 0.05) is 44.8 Å². The van der Waals surface area contributed by atoms with Crippen molar-refractivity contribution in [2.24, 2.45) is 0 Å². The number of piperazine rings is 1. The fourth-order valence-electron chi connectivity index (χ4n) is 4.29. The quantitative estimate of drug-likeness (QED) is 0.715. The van der Waals surface area contributed by atoms with Crippen LogP contribution in [0.25, 0.3) is 10.6 Å². The number of hydrogen-bond donors (Lipinski definition) is 0. The summed E-state index contributed by atoms with van der Waals surface area (Å²) in [7, 11) is 0. The first-order chi connectivity index (χ1) is 15.0. The molecule has 0 aliphatic carbocycles. The minimum absolute atomic E-state index is 0.0634. The molecule has 0 radical (unpaired) electrons. The predicted octanol–water partition coefficient (Wildman–Crippen LogP) is 3.45. The van der Waals surface area contributed by atoms with Gasteiger partial charge >= 0.3 is 0 Å². The Morgan fingerprint density at radius 3 is 2.26 bits per heavy atom. The highest BCUT2D eigenvalue weighted by Crippen LogP contribution is 2.29. The predicted molar refractivity (Wildman–Crippen MR) is 124 cm³/mol. The maximum absolute atomic E-state index is 13.1. The van der Waals surface area contributed by atoms with Crippen LogP contribution < -0.4 is 0 Å². The fraction of sp³-hybridized carbons (Fsp3) is 0.542. The van der Waals surface area contributed by atoms with Gasteiger partial charge in [0.05, 0.1) is 12.2 Å². The standard InChI is InChI=1S/C24H32N4O2S/c1-3-19-7-9-20(10-8-19)23-25-18(2)22(31-23)24(30)28-15-13-26(14-16-28)17-21(29)27-11-5-4-6-12-27/h7-10H,3-6,11-17H2,1-2H3. The van der Waals surface area contributed by atoms with Crippen LogP contribution in [0.5, 0.6) is 0 Å². The average molecular weight is 441 g/mol. The number of amides is 2. The van der Waals surface area contributed by atoms with E-state index in [1.165, 1.54) is 23.3 Å². The molecule has 6 nitrogen and oxygen atoms in total. The van der Waals surface area contributed by atoms with Crippen molar-refractivity contribution in [3.8, 4) is 10.6 Å². The first kappa shape index (κ1) is 22.0. The summed E-state index contributed by atoms with van der Waals surface area (Å²) in [6.45, 7) is 9.12. The fourth-order valence-corrected chi connectivity index (χ4v) is 5.33. The van der Waals surface area contributed by atoms with Crippen molar-refractivity contribution in [1.82, 2.24) is 19.7 Å². The summed E-state index contributed by atoms with van der Waals surface area (Å²) in [6.07, 6.45) is 4.48. The Hall–Kier alpha value is -2.25. The number of aromatic nitrogens is 1. The van der Waals surface area contributed by atoms with E-state index in [-0.39, 0.29) is 11.8 Å². The molecule has 0 spiro atoms. The van der Waals surface area contributed by atoms with E-state index >= 15 is 0 Å². The van der Waals surface area contributed by atoms with Crippen LogP contribution in [0.2, 0.25) is 0 Å². The number of carbonyl (C=O) groups is 2. The van der Waals surface area contributed by atoms with Gasteiger partial charge in [-0.05, 0) is 38.2 Å². The van der Waals surface area contributed by atoms with Crippen molar-refractivity contribution in [2.45, 2.75) is 39.5 Å². The van der Waals surface area contributed by atoms with E-state index in [2.05, 4.69) is 41.1 Å². The molecule has 2 saturated heterocycles. The summed E-state index contributed by atoms with van der Waals surface area (Å²) in [5.74, 6) is 0.296. The summed E-state index contributed by atoms with van der Waals surface area (Å²) in [5.41, 5.74) is 3.16. The van der Waals surface area contributed by atoms with Gasteiger partial charge in [0.1, 0.15) is 9.88 Å². The number of piperidine rings is 1. The molecule has 4 rings (SSSR count). The van der Waals surface area contributed by atoms with Gasteiger partial charge in [-0.3, -0.25) is 14.5 Å². The van der Waals surface area contributed by atoms with Crippen LogP contribution in [-0.2, 0) is 11.2 Å². The normalized spacial score (nSPS) is 17.7. The van der Waals surface area contributed by atoms with Gasteiger partial charge in [0.2, 0.25) is 5.91 Å². The molecule has 0 atom stereocenters. The van der Waals surface area contributed by atoms with Gasteiger partial charge in [0.25, 0.3) is 5.91 Å². The van der Waals surface area contributed by atoms with Crippen molar-refractivity contribution in [3.05, 3.63) is 40.4 Å². The molecule has 31 heavy (non-hydrogen) atoms. The Balaban J connectivity index is 1.34. The third-order valence-electron chi connectivity index (χ3n) is 6.33. The smallest absolute Gasteiger partial charge is 0.265 e. The molecule has 7 heteroatoms. The second-order valence-electron chi connectivity index (χ2n) is 8.49.